The van der Waals surface area contributed by atoms with Crippen LogP contribution in [0.3, 0.4) is 0 Å². The third kappa shape index (κ3) is 3.74. The molecule has 1 aliphatic rings. The van der Waals surface area contributed by atoms with E-state index in [1.54, 1.807) is 13.2 Å². The molecule has 3 amide bonds. The minimum atomic E-state index is -1.12. The fraction of sp³-hybridized carbons (Fsp3) is 0.0714. The molecule has 0 bridgehead atoms. The molecule has 0 saturated carbocycles. The number of rotatable bonds is 3. The molecule has 0 fully saturated rings. The van der Waals surface area contributed by atoms with Gasteiger partial charge in [-0.1, -0.05) is 66.7 Å². The number of nitrogens with one attached hydrogen (secondary N) is 3. The van der Waals surface area contributed by atoms with Crippen molar-refractivity contribution in [2.24, 2.45) is 4.99 Å². The first-order chi connectivity index (χ1) is 17.6. The monoisotopic (exact) mass is 474 g/mol. The van der Waals surface area contributed by atoms with Crippen LogP contribution in [0.5, 0.6) is 0 Å². The number of benzene rings is 3. The first-order valence-corrected chi connectivity index (χ1v) is 11.5. The van der Waals surface area contributed by atoms with E-state index in [1.165, 1.54) is 4.90 Å². The number of likely N-dealkylation sites (N-methyl/N-ethyl adjacent to an activating group) is 1. The van der Waals surface area contributed by atoms with Gasteiger partial charge in [-0.15, -0.1) is 0 Å². The average Bonchev–Trinajstić information content (AvgIpc) is 3.24. The zero-order chi connectivity index (χ0) is 24.6. The highest BCUT2D eigenvalue weighted by Crippen LogP contribution is 2.28. The molecule has 3 aromatic carbocycles. The number of aromatic nitrogens is 2. The zero-order valence-corrected chi connectivity index (χ0v) is 19.4. The number of H-pyrrole nitrogens is 1. The molecule has 36 heavy (non-hydrogen) atoms. The average molecular weight is 475 g/mol. The van der Waals surface area contributed by atoms with Gasteiger partial charge in [0.25, 0.3) is 5.91 Å². The normalized spacial score (nSPS) is 15.4. The van der Waals surface area contributed by atoms with E-state index in [0.717, 1.165) is 38.6 Å². The summed E-state index contributed by atoms with van der Waals surface area (Å²) in [6, 6.07) is 26.3. The maximum Gasteiger partial charge on any atom is 0.322 e. The number of anilines is 2. The number of fused-ring (bicyclic) bond motifs is 4. The van der Waals surface area contributed by atoms with Crippen LogP contribution in [0.15, 0.2) is 96.1 Å². The predicted octanol–water partition coefficient (Wildman–Crippen LogP) is 4.68. The maximum absolute atomic E-state index is 13.3. The van der Waals surface area contributed by atoms with Crippen LogP contribution in [-0.2, 0) is 4.79 Å². The minimum Gasteiger partial charge on any atom is -0.353 e. The number of carbonyl (C=O) groups is 2. The van der Waals surface area contributed by atoms with Crippen molar-refractivity contribution in [3.8, 4) is 0 Å². The van der Waals surface area contributed by atoms with E-state index in [-0.39, 0.29) is 5.91 Å². The molecular formula is C28H22N6O2. The number of amides is 3. The lowest BCUT2D eigenvalue weighted by Gasteiger charge is -2.20. The van der Waals surface area contributed by atoms with Crippen molar-refractivity contribution in [3.63, 3.8) is 0 Å². The summed E-state index contributed by atoms with van der Waals surface area (Å²) in [6.45, 7) is 0. The lowest BCUT2D eigenvalue weighted by atomic mass is 10.0. The Morgan fingerprint density at radius 2 is 1.67 bits per heavy atom. The number of hydrogen-bond acceptors (Lipinski definition) is 4. The Balaban J connectivity index is 1.32. The van der Waals surface area contributed by atoms with E-state index in [2.05, 4.69) is 20.6 Å². The van der Waals surface area contributed by atoms with Crippen LogP contribution in [0.25, 0.3) is 21.8 Å². The van der Waals surface area contributed by atoms with Crippen LogP contribution in [-0.4, -0.2) is 40.8 Å². The molecule has 176 valence electrons. The third-order valence-electron chi connectivity index (χ3n) is 6.29. The molecule has 3 N–H and O–H groups in total. The van der Waals surface area contributed by atoms with Crippen molar-refractivity contribution in [2.45, 2.75) is 6.17 Å². The Morgan fingerprint density at radius 3 is 2.53 bits per heavy atom. The number of pyridine rings is 1. The summed E-state index contributed by atoms with van der Waals surface area (Å²) in [5.41, 5.74) is 4.89. The molecule has 0 unspecified atom stereocenters. The van der Waals surface area contributed by atoms with Gasteiger partial charge in [-0.05, 0) is 18.2 Å². The molecular weight excluding hydrogens is 452 g/mol. The molecule has 0 saturated heterocycles. The van der Waals surface area contributed by atoms with Gasteiger partial charge in [0.05, 0.1) is 23.1 Å². The Kier molecular flexibility index (Phi) is 5.19. The lowest BCUT2D eigenvalue weighted by molar-refractivity contribution is -0.119. The Bertz CT molecular complexity index is 1660. The van der Waals surface area contributed by atoms with Gasteiger partial charge in [0, 0.05) is 34.5 Å². The Labute approximate surface area is 206 Å². The quantitative estimate of drug-likeness (QED) is 0.354. The highest BCUT2D eigenvalue weighted by atomic mass is 16.2. The molecule has 8 nitrogen and oxygen atoms in total. The number of aromatic amines is 1. The summed E-state index contributed by atoms with van der Waals surface area (Å²) in [6.07, 6.45) is 0.562. The maximum atomic E-state index is 13.3. The summed E-state index contributed by atoms with van der Waals surface area (Å²) in [4.78, 5) is 40.2. The largest absolute Gasteiger partial charge is 0.353 e. The van der Waals surface area contributed by atoms with E-state index in [9.17, 15) is 9.59 Å². The van der Waals surface area contributed by atoms with Crippen LogP contribution in [0.2, 0.25) is 0 Å². The standard InChI is InChI=1S/C28H22N6O2/c1-34-23-14-8-6-12-19(23)25(17-9-3-2-4-10-17)32-26(27(34)35)33-28(36)31-24-15-20-18-11-5-7-13-21(18)30-22(20)16-29-24/h2-16,26,30H,1H3,(H2,29,31,33,36)/t26-/m0/s1. The summed E-state index contributed by atoms with van der Waals surface area (Å²) in [5, 5.41) is 7.46. The van der Waals surface area contributed by atoms with Gasteiger partial charge in [0.1, 0.15) is 5.82 Å². The van der Waals surface area contributed by atoms with Gasteiger partial charge in [-0.25, -0.2) is 14.8 Å². The number of nitrogens with zero attached hydrogens (tertiary/aromatic N) is 3. The minimum absolute atomic E-state index is 0.344. The summed E-state index contributed by atoms with van der Waals surface area (Å²) >= 11 is 0. The van der Waals surface area contributed by atoms with Gasteiger partial charge < -0.3 is 15.2 Å². The summed E-state index contributed by atoms with van der Waals surface area (Å²) < 4.78 is 0. The second kappa shape index (κ2) is 8.66. The molecule has 8 heteroatoms. The van der Waals surface area contributed by atoms with Gasteiger partial charge in [0.2, 0.25) is 6.17 Å². The topological polar surface area (TPSA) is 102 Å². The molecule has 0 spiro atoms. The van der Waals surface area contributed by atoms with Crippen LogP contribution in [0.1, 0.15) is 11.1 Å². The predicted molar refractivity (Wildman–Crippen MR) is 141 cm³/mol. The Hall–Kier alpha value is -4.98. The van der Waals surface area contributed by atoms with Crippen molar-refractivity contribution in [1.82, 2.24) is 15.3 Å². The number of carbonyl (C=O) groups excluding carboxylic acids is 2. The zero-order valence-electron chi connectivity index (χ0n) is 19.4. The van der Waals surface area contributed by atoms with Crippen molar-refractivity contribution in [2.75, 3.05) is 17.3 Å². The number of aliphatic imine (C=N–C) groups is 1. The fourth-order valence-corrected chi connectivity index (χ4v) is 4.54. The third-order valence-corrected chi connectivity index (χ3v) is 6.29. The Morgan fingerprint density at radius 1 is 0.917 bits per heavy atom. The van der Waals surface area contributed by atoms with Crippen LogP contribution in [0, 0.1) is 0 Å². The number of benzodiazepines with no additional fused rings is 1. The fourth-order valence-electron chi connectivity index (χ4n) is 4.54. The van der Waals surface area contributed by atoms with E-state index in [0.29, 0.717) is 11.5 Å². The first-order valence-electron chi connectivity index (χ1n) is 11.5. The van der Waals surface area contributed by atoms with Crippen molar-refractivity contribution in [1.29, 1.82) is 0 Å². The smallest absolute Gasteiger partial charge is 0.322 e. The molecule has 1 aliphatic heterocycles. The van der Waals surface area contributed by atoms with Gasteiger partial charge in [-0.3, -0.25) is 10.1 Å². The second-order valence-corrected chi connectivity index (χ2v) is 8.54. The second-order valence-electron chi connectivity index (χ2n) is 8.54. The lowest BCUT2D eigenvalue weighted by Crippen LogP contribution is -2.47. The van der Waals surface area contributed by atoms with Crippen molar-refractivity contribution in [3.05, 3.63) is 102 Å². The highest BCUT2D eigenvalue weighted by molar-refractivity contribution is 6.20. The molecule has 0 radical (unpaired) electrons. The number of urea groups is 1. The van der Waals surface area contributed by atoms with Gasteiger partial charge in [-0.2, -0.15) is 0 Å². The molecule has 2 aromatic heterocycles. The molecule has 1 atom stereocenters. The molecule has 5 aromatic rings. The van der Waals surface area contributed by atoms with Crippen LogP contribution in [0.4, 0.5) is 16.3 Å². The first kappa shape index (κ1) is 21.5. The van der Waals surface area contributed by atoms with E-state index < -0.39 is 12.2 Å². The van der Waals surface area contributed by atoms with E-state index in [4.69, 9.17) is 4.99 Å². The molecule has 3 heterocycles. The van der Waals surface area contributed by atoms with Gasteiger partial charge in [0.15, 0.2) is 0 Å². The summed E-state index contributed by atoms with van der Waals surface area (Å²) in [7, 11) is 1.68. The van der Waals surface area contributed by atoms with E-state index in [1.807, 2.05) is 84.9 Å². The molecule has 0 aliphatic carbocycles. The molecule has 6 rings (SSSR count). The van der Waals surface area contributed by atoms with Crippen LogP contribution < -0.4 is 15.5 Å². The van der Waals surface area contributed by atoms with Gasteiger partial charge >= 0.3 is 6.03 Å². The SMILES string of the molecule is CN1C(=O)[C@H](NC(=O)Nc2cc3c(cn2)[nH]c2ccccc23)N=C(c2ccccc2)c2ccccc21. The van der Waals surface area contributed by atoms with E-state index >= 15 is 0 Å². The summed E-state index contributed by atoms with van der Waals surface area (Å²) in [5.74, 6) is 0.0262. The number of para-hydroxylation sites is 2. The van der Waals surface area contributed by atoms with Crippen molar-refractivity contribution < 1.29 is 9.59 Å². The van der Waals surface area contributed by atoms with Crippen molar-refractivity contribution >= 4 is 51.0 Å². The highest BCUT2D eigenvalue weighted by Gasteiger charge is 2.31. The van der Waals surface area contributed by atoms with Crippen LogP contribution >= 0.6 is 0 Å². The number of hydrogen-bond donors (Lipinski definition) is 3.